The van der Waals surface area contributed by atoms with Crippen molar-refractivity contribution < 1.29 is 9.32 Å². The quantitative estimate of drug-likeness (QED) is 0.936. The molecule has 102 valence electrons. The maximum Gasteiger partial charge on any atom is 0.317 e. The van der Waals surface area contributed by atoms with Gasteiger partial charge in [0.25, 0.3) is 0 Å². The van der Waals surface area contributed by atoms with Crippen molar-refractivity contribution in [3.63, 3.8) is 0 Å². The standard InChI is InChI=1S/C13H17N3O2S/c1-9-7-11(15-18-9)8-16(3)13(17)14-10(2)12-5-4-6-19-12/h4-7,10H,8H2,1-3H3,(H,14,17). The molecule has 0 aromatic carbocycles. The van der Waals surface area contributed by atoms with E-state index in [1.807, 2.05) is 37.4 Å². The summed E-state index contributed by atoms with van der Waals surface area (Å²) >= 11 is 1.63. The second-order valence-corrected chi connectivity index (χ2v) is 5.45. The lowest BCUT2D eigenvalue weighted by molar-refractivity contribution is 0.202. The summed E-state index contributed by atoms with van der Waals surface area (Å²) in [5.41, 5.74) is 0.749. The van der Waals surface area contributed by atoms with E-state index in [9.17, 15) is 4.79 Å². The molecule has 0 saturated carbocycles. The number of carbonyl (C=O) groups excluding carboxylic acids is 1. The summed E-state index contributed by atoms with van der Waals surface area (Å²) in [4.78, 5) is 14.7. The number of thiophene rings is 1. The van der Waals surface area contributed by atoms with Gasteiger partial charge < -0.3 is 14.7 Å². The van der Waals surface area contributed by atoms with Gasteiger partial charge in [0, 0.05) is 18.0 Å². The average Bonchev–Trinajstić information content (AvgIpc) is 3.00. The first-order chi connectivity index (χ1) is 9.06. The lowest BCUT2D eigenvalue weighted by Gasteiger charge is -2.19. The van der Waals surface area contributed by atoms with Gasteiger partial charge in [-0.25, -0.2) is 4.79 Å². The highest BCUT2D eigenvalue weighted by Gasteiger charge is 2.15. The topological polar surface area (TPSA) is 58.4 Å². The van der Waals surface area contributed by atoms with Gasteiger partial charge in [-0.05, 0) is 25.3 Å². The number of aryl methyl sites for hydroxylation is 1. The van der Waals surface area contributed by atoms with Gasteiger partial charge >= 0.3 is 6.03 Å². The molecule has 2 aromatic rings. The lowest BCUT2D eigenvalue weighted by atomic mass is 10.3. The maximum absolute atomic E-state index is 12.0. The molecule has 19 heavy (non-hydrogen) atoms. The van der Waals surface area contributed by atoms with Crippen molar-refractivity contribution >= 4 is 17.4 Å². The van der Waals surface area contributed by atoms with Crippen molar-refractivity contribution in [3.05, 3.63) is 39.9 Å². The van der Waals surface area contributed by atoms with Crippen LogP contribution in [0.25, 0.3) is 0 Å². The summed E-state index contributed by atoms with van der Waals surface area (Å²) in [7, 11) is 1.74. The summed E-state index contributed by atoms with van der Waals surface area (Å²) in [6.07, 6.45) is 0. The highest BCUT2D eigenvalue weighted by Crippen LogP contribution is 2.18. The van der Waals surface area contributed by atoms with Gasteiger partial charge in [0.1, 0.15) is 11.5 Å². The number of carbonyl (C=O) groups is 1. The molecule has 2 aromatic heterocycles. The molecule has 0 radical (unpaired) electrons. The lowest BCUT2D eigenvalue weighted by Crippen LogP contribution is -2.38. The van der Waals surface area contributed by atoms with Crippen LogP contribution in [0.15, 0.2) is 28.1 Å². The van der Waals surface area contributed by atoms with Crippen LogP contribution in [-0.4, -0.2) is 23.1 Å². The van der Waals surface area contributed by atoms with Gasteiger partial charge in [0.2, 0.25) is 0 Å². The minimum atomic E-state index is -0.124. The number of nitrogens with zero attached hydrogens (tertiary/aromatic N) is 2. The van der Waals surface area contributed by atoms with E-state index in [1.165, 1.54) is 0 Å². The minimum Gasteiger partial charge on any atom is -0.361 e. The predicted molar refractivity (Wildman–Crippen MR) is 74.0 cm³/mol. The number of urea groups is 1. The van der Waals surface area contributed by atoms with E-state index in [0.29, 0.717) is 6.54 Å². The number of aromatic nitrogens is 1. The molecule has 0 saturated heterocycles. The monoisotopic (exact) mass is 279 g/mol. The first kappa shape index (κ1) is 13.6. The Morgan fingerprint density at radius 3 is 3.00 bits per heavy atom. The van der Waals surface area contributed by atoms with Crippen molar-refractivity contribution in [3.8, 4) is 0 Å². The summed E-state index contributed by atoms with van der Waals surface area (Å²) in [5, 5.41) is 8.82. The predicted octanol–water partition coefficient (Wildman–Crippen LogP) is 2.95. The molecule has 1 atom stereocenters. The number of nitrogens with one attached hydrogen (secondary N) is 1. The van der Waals surface area contributed by atoms with Crippen LogP contribution < -0.4 is 5.32 Å². The van der Waals surface area contributed by atoms with E-state index in [-0.39, 0.29) is 12.1 Å². The van der Waals surface area contributed by atoms with Gasteiger partial charge in [0.15, 0.2) is 0 Å². The second-order valence-electron chi connectivity index (χ2n) is 4.47. The molecule has 0 aliphatic carbocycles. The number of hydrogen-bond donors (Lipinski definition) is 1. The summed E-state index contributed by atoms with van der Waals surface area (Å²) in [6.45, 7) is 4.23. The fourth-order valence-electron chi connectivity index (χ4n) is 1.71. The average molecular weight is 279 g/mol. The van der Waals surface area contributed by atoms with E-state index < -0.39 is 0 Å². The van der Waals surface area contributed by atoms with E-state index >= 15 is 0 Å². The van der Waals surface area contributed by atoms with E-state index in [4.69, 9.17) is 4.52 Å². The molecule has 1 unspecified atom stereocenters. The molecule has 2 amide bonds. The van der Waals surface area contributed by atoms with E-state index in [0.717, 1.165) is 16.3 Å². The third-order valence-corrected chi connectivity index (χ3v) is 3.79. The Balaban J connectivity index is 1.89. The van der Waals surface area contributed by atoms with Crippen LogP contribution in [-0.2, 0) is 6.54 Å². The molecule has 2 heterocycles. The van der Waals surface area contributed by atoms with Crippen LogP contribution >= 0.6 is 11.3 Å². The van der Waals surface area contributed by atoms with Crippen LogP contribution in [0.1, 0.15) is 29.3 Å². The number of hydrogen-bond acceptors (Lipinski definition) is 4. The van der Waals surface area contributed by atoms with Crippen molar-refractivity contribution in [2.45, 2.75) is 26.4 Å². The molecule has 0 fully saturated rings. The molecule has 0 aliphatic rings. The number of rotatable bonds is 4. The molecule has 0 spiro atoms. The first-order valence-electron chi connectivity index (χ1n) is 6.03. The van der Waals surface area contributed by atoms with Gasteiger partial charge in [-0.15, -0.1) is 11.3 Å². The summed E-state index contributed by atoms with van der Waals surface area (Å²) in [6, 6.07) is 5.70. The Labute approximate surface area is 116 Å². The Kier molecular flexibility index (Phi) is 4.21. The molecule has 6 heteroatoms. The smallest absolute Gasteiger partial charge is 0.317 e. The third-order valence-electron chi connectivity index (χ3n) is 2.73. The normalized spacial score (nSPS) is 12.2. The largest absolute Gasteiger partial charge is 0.361 e. The zero-order valence-corrected chi connectivity index (χ0v) is 12.0. The molecule has 5 nitrogen and oxygen atoms in total. The van der Waals surface area contributed by atoms with Crippen LogP contribution in [0.2, 0.25) is 0 Å². The van der Waals surface area contributed by atoms with Crippen LogP contribution in [0.3, 0.4) is 0 Å². The minimum absolute atomic E-state index is 0.00833. The summed E-state index contributed by atoms with van der Waals surface area (Å²) < 4.78 is 4.98. The molecule has 2 rings (SSSR count). The first-order valence-corrected chi connectivity index (χ1v) is 6.91. The second kappa shape index (κ2) is 5.88. The SMILES string of the molecule is Cc1cc(CN(C)C(=O)NC(C)c2cccs2)no1. The summed E-state index contributed by atoms with van der Waals surface area (Å²) in [5.74, 6) is 0.746. The number of amides is 2. The molecule has 0 bridgehead atoms. The van der Waals surface area contributed by atoms with Crippen molar-refractivity contribution in [2.24, 2.45) is 0 Å². The van der Waals surface area contributed by atoms with Gasteiger partial charge in [-0.1, -0.05) is 11.2 Å². The highest BCUT2D eigenvalue weighted by atomic mass is 32.1. The van der Waals surface area contributed by atoms with Crippen LogP contribution in [0.4, 0.5) is 4.79 Å². The highest BCUT2D eigenvalue weighted by molar-refractivity contribution is 7.10. The van der Waals surface area contributed by atoms with Crippen molar-refractivity contribution in [1.29, 1.82) is 0 Å². The van der Waals surface area contributed by atoms with Crippen molar-refractivity contribution in [1.82, 2.24) is 15.4 Å². The molecular formula is C13H17N3O2S. The van der Waals surface area contributed by atoms with Gasteiger partial charge in [-0.3, -0.25) is 0 Å². The molecule has 1 N–H and O–H groups in total. The van der Waals surface area contributed by atoms with E-state index in [1.54, 1.807) is 23.3 Å². The van der Waals surface area contributed by atoms with Crippen LogP contribution in [0.5, 0.6) is 0 Å². The van der Waals surface area contributed by atoms with E-state index in [2.05, 4.69) is 10.5 Å². The van der Waals surface area contributed by atoms with Gasteiger partial charge in [0.05, 0.1) is 12.6 Å². The molecule has 0 aliphatic heterocycles. The fourth-order valence-corrected chi connectivity index (χ4v) is 2.45. The Bertz CT molecular complexity index is 536. The zero-order valence-electron chi connectivity index (χ0n) is 11.2. The zero-order chi connectivity index (χ0) is 13.8. The fraction of sp³-hybridized carbons (Fsp3) is 0.385. The third kappa shape index (κ3) is 3.57. The Hall–Kier alpha value is -1.82. The van der Waals surface area contributed by atoms with Gasteiger partial charge in [-0.2, -0.15) is 0 Å². The molecular weight excluding hydrogens is 262 g/mol. The van der Waals surface area contributed by atoms with Crippen LogP contribution in [0, 0.1) is 6.92 Å². The maximum atomic E-state index is 12.0. The van der Waals surface area contributed by atoms with Crippen molar-refractivity contribution in [2.75, 3.05) is 7.05 Å². The Morgan fingerprint density at radius 2 is 2.42 bits per heavy atom. The Morgan fingerprint density at radius 1 is 1.63 bits per heavy atom.